The standard InChI is InChI=1S/C10H19N3O/c1-4-13-6-5-11-9(13)12-7-10(2,3)8-14/h5-6,14H,4,7-8H2,1-3H3,(H,11,12). The van der Waals surface area contributed by atoms with E-state index in [2.05, 4.69) is 17.2 Å². The van der Waals surface area contributed by atoms with Crippen molar-refractivity contribution in [2.75, 3.05) is 18.5 Å². The summed E-state index contributed by atoms with van der Waals surface area (Å²) >= 11 is 0. The van der Waals surface area contributed by atoms with Crippen LogP contribution in [-0.2, 0) is 6.54 Å². The minimum Gasteiger partial charge on any atom is -0.396 e. The van der Waals surface area contributed by atoms with Crippen LogP contribution >= 0.6 is 0 Å². The van der Waals surface area contributed by atoms with Gasteiger partial charge in [0, 0.05) is 37.5 Å². The highest BCUT2D eigenvalue weighted by Gasteiger charge is 2.16. The monoisotopic (exact) mass is 197 g/mol. The van der Waals surface area contributed by atoms with E-state index in [0.717, 1.165) is 19.0 Å². The zero-order valence-corrected chi connectivity index (χ0v) is 9.12. The first-order valence-corrected chi connectivity index (χ1v) is 4.95. The molecule has 0 atom stereocenters. The Morgan fingerprint density at radius 3 is 2.86 bits per heavy atom. The molecule has 0 spiro atoms. The van der Waals surface area contributed by atoms with Gasteiger partial charge in [0.25, 0.3) is 0 Å². The fourth-order valence-corrected chi connectivity index (χ4v) is 1.11. The van der Waals surface area contributed by atoms with Gasteiger partial charge in [-0.05, 0) is 6.92 Å². The van der Waals surface area contributed by atoms with Gasteiger partial charge in [-0.2, -0.15) is 0 Å². The van der Waals surface area contributed by atoms with Gasteiger partial charge in [0.1, 0.15) is 0 Å². The molecular formula is C10H19N3O. The summed E-state index contributed by atoms with van der Waals surface area (Å²) in [5, 5.41) is 12.3. The van der Waals surface area contributed by atoms with Crippen molar-refractivity contribution in [2.24, 2.45) is 5.41 Å². The average Bonchev–Trinajstić information content (AvgIpc) is 2.62. The molecule has 14 heavy (non-hydrogen) atoms. The second kappa shape index (κ2) is 4.46. The first kappa shape index (κ1) is 11.0. The quantitative estimate of drug-likeness (QED) is 0.748. The van der Waals surface area contributed by atoms with Crippen LogP contribution in [0.1, 0.15) is 20.8 Å². The molecule has 0 unspecified atom stereocenters. The first-order valence-electron chi connectivity index (χ1n) is 4.95. The number of hydrogen-bond acceptors (Lipinski definition) is 3. The second-order valence-electron chi connectivity index (χ2n) is 4.21. The Balaban J connectivity index is 2.53. The molecular weight excluding hydrogens is 178 g/mol. The lowest BCUT2D eigenvalue weighted by Gasteiger charge is -2.22. The maximum Gasteiger partial charge on any atom is 0.202 e. The third-order valence-corrected chi connectivity index (χ3v) is 2.21. The molecule has 4 heteroatoms. The average molecular weight is 197 g/mol. The minimum absolute atomic E-state index is 0.107. The molecule has 0 aliphatic rings. The van der Waals surface area contributed by atoms with Crippen molar-refractivity contribution < 1.29 is 5.11 Å². The summed E-state index contributed by atoms with van der Waals surface area (Å²) in [4.78, 5) is 4.19. The number of aryl methyl sites for hydroxylation is 1. The molecule has 0 amide bonds. The third-order valence-electron chi connectivity index (χ3n) is 2.21. The normalized spacial score (nSPS) is 11.7. The highest BCUT2D eigenvalue weighted by Crippen LogP contribution is 2.14. The van der Waals surface area contributed by atoms with Gasteiger partial charge in [0.2, 0.25) is 5.95 Å². The number of nitrogens with zero attached hydrogens (tertiary/aromatic N) is 2. The lowest BCUT2D eigenvalue weighted by atomic mass is 9.95. The summed E-state index contributed by atoms with van der Waals surface area (Å²) in [6.07, 6.45) is 3.71. The summed E-state index contributed by atoms with van der Waals surface area (Å²) in [5.41, 5.74) is -0.107. The van der Waals surface area contributed by atoms with Crippen molar-refractivity contribution in [1.29, 1.82) is 0 Å². The van der Waals surface area contributed by atoms with E-state index in [-0.39, 0.29) is 12.0 Å². The van der Waals surface area contributed by atoms with Crippen molar-refractivity contribution in [1.82, 2.24) is 9.55 Å². The molecule has 0 fully saturated rings. The fraction of sp³-hybridized carbons (Fsp3) is 0.700. The van der Waals surface area contributed by atoms with Gasteiger partial charge in [-0.15, -0.1) is 0 Å². The van der Waals surface area contributed by atoms with Crippen LogP contribution in [0.3, 0.4) is 0 Å². The number of hydrogen-bond donors (Lipinski definition) is 2. The lowest BCUT2D eigenvalue weighted by molar-refractivity contribution is 0.170. The summed E-state index contributed by atoms with van der Waals surface area (Å²) < 4.78 is 2.04. The molecule has 1 aromatic rings. The molecule has 0 saturated carbocycles. The van der Waals surface area contributed by atoms with Gasteiger partial charge in [-0.25, -0.2) is 4.98 Å². The van der Waals surface area contributed by atoms with Crippen LogP contribution in [0.2, 0.25) is 0 Å². The number of aromatic nitrogens is 2. The summed E-state index contributed by atoms with van der Waals surface area (Å²) in [6.45, 7) is 7.90. The Labute approximate surface area is 85.0 Å². The van der Waals surface area contributed by atoms with Crippen molar-refractivity contribution in [3.8, 4) is 0 Å². The molecule has 2 N–H and O–H groups in total. The predicted octanol–water partition coefficient (Wildman–Crippen LogP) is 1.33. The van der Waals surface area contributed by atoms with E-state index in [1.54, 1.807) is 6.20 Å². The third kappa shape index (κ3) is 2.73. The summed E-state index contributed by atoms with van der Waals surface area (Å²) in [5.74, 6) is 0.869. The topological polar surface area (TPSA) is 50.1 Å². The maximum absolute atomic E-state index is 9.08. The fourth-order valence-electron chi connectivity index (χ4n) is 1.11. The molecule has 0 saturated heterocycles. The molecule has 1 rings (SSSR count). The van der Waals surface area contributed by atoms with E-state index in [0.29, 0.717) is 0 Å². The highest BCUT2D eigenvalue weighted by molar-refractivity contribution is 5.26. The van der Waals surface area contributed by atoms with E-state index in [4.69, 9.17) is 5.11 Å². The maximum atomic E-state index is 9.08. The van der Waals surface area contributed by atoms with E-state index >= 15 is 0 Å². The lowest BCUT2D eigenvalue weighted by Crippen LogP contribution is -2.27. The van der Waals surface area contributed by atoms with Crippen molar-refractivity contribution >= 4 is 5.95 Å². The van der Waals surface area contributed by atoms with Crippen LogP contribution in [0.4, 0.5) is 5.95 Å². The molecule has 0 aromatic carbocycles. The van der Waals surface area contributed by atoms with E-state index in [9.17, 15) is 0 Å². The van der Waals surface area contributed by atoms with Crippen LogP contribution in [0.15, 0.2) is 12.4 Å². The molecule has 4 nitrogen and oxygen atoms in total. The van der Waals surface area contributed by atoms with Crippen LogP contribution < -0.4 is 5.32 Å². The Kier molecular flexibility index (Phi) is 3.52. The number of aliphatic hydroxyl groups excluding tert-OH is 1. The number of nitrogens with one attached hydrogen (secondary N) is 1. The van der Waals surface area contributed by atoms with E-state index in [1.807, 2.05) is 24.6 Å². The SMILES string of the molecule is CCn1ccnc1NCC(C)(C)CO. The summed E-state index contributed by atoms with van der Waals surface area (Å²) in [6, 6.07) is 0. The van der Waals surface area contributed by atoms with E-state index < -0.39 is 0 Å². The number of rotatable bonds is 5. The van der Waals surface area contributed by atoms with Crippen LogP contribution in [-0.4, -0.2) is 27.8 Å². The second-order valence-corrected chi connectivity index (χ2v) is 4.21. The van der Waals surface area contributed by atoms with Gasteiger partial charge < -0.3 is 15.0 Å². The number of imidazole rings is 1. The smallest absolute Gasteiger partial charge is 0.202 e. The number of aliphatic hydroxyl groups is 1. The Hall–Kier alpha value is -1.03. The van der Waals surface area contributed by atoms with Crippen LogP contribution in [0.25, 0.3) is 0 Å². The van der Waals surface area contributed by atoms with Crippen LogP contribution in [0, 0.1) is 5.41 Å². The molecule has 1 aromatic heterocycles. The molecule has 0 aliphatic heterocycles. The van der Waals surface area contributed by atoms with Crippen molar-refractivity contribution in [3.05, 3.63) is 12.4 Å². The number of anilines is 1. The molecule has 80 valence electrons. The Morgan fingerprint density at radius 2 is 2.29 bits per heavy atom. The first-order chi connectivity index (χ1) is 6.59. The minimum atomic E-state index is -0.107. The summed E-state index contributed by atoms with van der Waals surface area (Å²) in [7, 11) is 0. The Bertz CT molecular complexity index is 281. The van der Waals surface area contributed by atoms with Gasteiger partial charge in [-0.3, -0.25) is 0 Å². The van der Waals surface area contributed by atoms with Gasteiger partial charge in [0.05, 0.1) is 0 Å². The molecule has 1 heterocycles. The molecule has 0 radical (unpaired) electrons. The van der Waals surface area contributed by atoms with Gasteiger partial charge >= 0.3 is 0 Å². The Morgan fingerprint density at radius 1 is 1.57 bits per heavy atom. The highest BCUT2D eigenvalue weighted by atomic mass is 16.3. The largest absolute Gasteiger partial charge is 0.396 e. The zero-order chi connectivity index (χ0) is 10.6. The van der Waals surface area contributed by atoms with Crippen molar-refractivity contribution in [2.45, 2.75) is 27.3 Å². The van der Waals surface area contributed by atoms with Crippen molar-refractivity contribution in [3.63, 3.8) is 0 Å². The van der Waals surface area contributed by atoms with Gasteiger partial charge in [-0.1, -0.05) is 13.8 Å². The van der Waals surface area contributed by atoms with E-state index in [1.165, 1.54) is 0 Å². The predicted molar refractivity (Wildman–Crippen MR) is 57.3 cm³/mol. The van der Waals surface area contributed by atoms with Gasteiger partial charge in [0.15, 0.2) is 0 Å². The zero-order valence-electron chi connectivity index (χ0n) is 9.12. The van der Waals surface area contributed by atoms with Crippen LogP contribution in [0.5, 0.6) is 0 Å². The molecule has 0 bridgehead atoms. The molecule has 0 aliphatic carbocycles.